The van der Waals surface area contributed by atoms with Gasteiger partial charge in [-0.3, -0.25) is 24.1 Å². The van der Waals surface area contributed by atoms with Crippen LogP contribution in [0.1, 0.15) is 44.9 Å². The van der Waals surface area contributed by atoms with Gasteiger partial charge in [0.2, 0.25) is 23.6 Å². The minimum absolute atomic E-state index is 0.0472. The first-order valence-electron chi connectivity index (χ1n) is 13.7. The molecule has 0 radical (unpaired) electrons. The van der Waals surface area contributed by atoms with Crippen molar-refractivity contribution in [2.45, 2.75) is 93.5 Å². The van der Waals surface area contributed by atoms with Crippen molar-refractivity contribution < 1.29 is 34.1 Å². The van der Waals surface area contributed by atoms with Crippen molar-refractivity contribution in [2.24, 2.45) is 5.92 Å². The van der Waals surface area contributed by atoms with Gasteiger partial charge in [-0.05, 0) is 32.1 Å². The molecule has 4 saturated heterocycles. The van der Waals surface area contributed by atoms with Crippen LogP contribution in [0.25, 0.3) is 0 Å². The van der Waals surface area contributed by atoms with E-state index in [0.717, 1.165) is 32.1 Å². The Hall–Kier alpha value is -2.28. The lowest BCUT2D eigenvalue weighted by Gasteiger charge is -2.44. The lowest BCUT2D eigenvalue weighted by molar-refractivity contribution is -0.151. The summed E-state index contributed by atoms with van der Waals surface area (Å²) in [6.45, 7) is 1.25. The minimum Gasteiger partial charge on any atom is -0.388 e. The second-order valence-corrected chi connectivity index (χ2v) is 11.5. The zero-order valence-electron chi connectivity index (χ0n) is 21.0. The summed E-state index contributed by atoms with van der Waals surface area (Å²) in [6, 6.07) is -1.14. The van der Waals surface area contributed by atoms with E-state index in [1.165, 1.54) is 0 Å². The molecular weight excluding hydrogens is 482 g/mol. The van der Waals surface area contributed by atoms with Gasteiger partial charge < -0.3 is 35.4 Å². The quantitative estimate of drug-likeness (QED) is 0.314. The van der Waals surface area contributed by atoms with Gasteiger partial charge in [-0.2, -0.15) is 0 Å². The van der Waals surface area contributed by atoms with Crippen LogP contribution in [0.4, 0.5) is 0 Å². The van der Waals surface area contributed by atoms with Gasteiger partial charge in [0.15, 0.2) is 0 Å². The highest BCUT2D eigenvalue weighted by molar-refractivity contribution is 5.91. The summed E-state index contributed by atoms with van der Waals surface area (Å²) < 4.78 is 5.78. The molecule has 7 atom stereocenters. The molecule has 2 saturated carbocycles. The molecule has 6 aliphatic rings. The van der Waals surface area contributed by atoms with Crippen molar-refractivity contribution in [1.82, 2.24) is 25.3 Å². The normalized spacial score (nSPS) is 39.8. The number of aliphatic hydroxyl groups excluding tert-OH is 2. The van der Waals surface area contributed by atoms with E-state index < -0.39 is 42.4 Å². The summed E-state index contributed by atoms with van der Waals surface area (Å²) in [5.41, 5.74) is 0. The first kappa shape index (κ1) is 25.0. The molecule has 6 rings (SSSR count). The standard InChI is InChI=1S/C25H37N5O7/c31-20-9-18-21(32)22(33)19(37-18)10-26-23(34)17-12-28(6-7-29(17)24(35)13-4-5-13)25(36)16-8-14(27-20)11-30(16)15-2-1-3-15/h13-19,21-22,32-33H,1-12H2,(H,26,34)(H,27,31)/t14-,16-,17-,18-,19+,21-,22+/m0/s1. The van der Waals surface area contributed by atoms with E-state index in [1.54, 1.807) is 9.80 Å². The van der Waals surface area contributed by atoms with Crippen molar-refractivity contribution in [2.75, 3.05) is 32.7 Å². The number of rotatable bonds is 2. The molecule has 12 heteroatoms. The number of hydrogen-bond acceptors (Lipinski definition) is 8. The summed E-state index contributed by atoms with van der Waals surface area (Å²) in [5, 5.41) is 26.8. The molecule has 0 aromatic heterocycles. The average molecular weight is 520 g/mol. The van der Waals surface area contributed by atoms with Crippen LogP contribution in [0.2, 0.25) is 0 Å². The van der Waals surface area contributed by atoms with E-state index in [2.05, 4.69) is 15.5 Å². The highest BCUT2D eigenvalue weighted by Crippen LogP contribution is 2.35. The van der Waals surface area contributed by atoms with Crippen molar-refractivity contribution in [3.63, 3.8) is 0 Å². The van der Waals surface area contributed by atoms with Crippen molar-refractivity contribution in [3.05, 3.63) is 0 Å². The third-order valence-electron chi connectivity index (χ3n) is 9.06. The predicted molar refractivity (Wildman–Crippen MR) is 128 cm³/mol. The van der Waals surface area contributed by atoms with E-state index in [9.17, 15) is 29.4 Å². The Labute approximate surface area is 215 Å². The summed E-state index contributed by atoms with van der Waals surface area (Å²) in [6.07, 6.45) is 0.827. The molecule has 6 bridgehead atoms. The number of carbonyl (C=O) groups excluding carboxylic acids is 4. The van der Waals surface area contributed by atoms with E-state index in [-0.39, 0.29) is 49.2 Å². The monoisotopic (exact) mass is 519 g/mol. The fourth-order valence-corrected chi connectivity index (χ4v) is 6.53. The van der Waals surface area contributed by atoms with Gasteiger partial charge in [0, 0.05) is 44.2 Å². The van der Waals surface area contributed by atoms with E-state index >= 15 is 0 Å². The molecule has 4 aliphatic heterocycles. The molecule has 37 heavy (non-hydrogen) atoms. The maximum Gasteiger partial charge on any atom is 0.244 e. The number of nitrogens with zero attached hydrogens (tertiary/aromatic N) is 3. The Morgan fingerprint density at radius 3 is 2.41 bits per heavy atom. The topological polar surface area (TPSA) is 152 Å². The lowest BCUT2D eigenvalue weighted by Crippen LogP contribution is -2.64. The van der Waals surface area contributed by atoms with Gasteiger partial charge in [0.1, 0.15) is 24.4 Å². The highest BCUT2D eigenvalue weighted by atomic mass is 16.5. The smallest absolute Gasteiger partial charge is 0.244 e. The van der Waals surface area contributed by atoms with E-state index in [1.807, 2.05) is 0 Å². The highest BCUT2D eigenvalue weighted by Gasteiger charge is 2.49. The Balaban J connectivity index is 1.27. The van der Waals surface area contributed by atoms with Crippen LogP contribution in [-0.2, 0) is 23.9 Å². The predicted octanol–water partition coefficient (Wildman–Crippen LogP) is -2.44. The molecule has 2 aliphatic carbocycles. The van der Waals surface area contributed by atoms with Crippen LogP contribution in [0.3, 0.4) is 0 Å². The lowest BCUT2D eigenvalue weighted by atomic mass is 9.91. The Morgan fingerprint density at radius 2 is 1.70 bits per heavy atom. The average Bonchev–Trinajstić information content (AvgIpc) is 3.58. The zero-order chi connectivity index (χ0) is 25.8. The Bertz CT molecular complexity index is 956. The maximum atomic E-state index is 13.8. The van der Waals surface area contributed by atoms with Gasteiger partial charge in [0.25, 0.3) is 0 Å². The molecule has 4 N–H and O–H groups in total. The summed E-state index contributed by atoms with van der Waals surface area (Å²) in [7, 11) is 0. The maximum absolute atomic E-state index is 13.8. The third-order valence-corrected chi connectivity index (χ3v) is 9.06. The second-order valence-electron chi connectivity index (χ2n) is 11.5. The fraction of sp³-hybridized carbons (Fsp3) is 0.840. The first-order chi connectivity index (χ1) is 17.8. The number of carbonyl (C=O) groups is 4. The summed E-state index contributed by atoms with van der Waals surface area (Å²) in [5.74, 6) is -0.868. The zero-order valence-corrected chi connectivity index (χ0v) is 21.0. The summed E-state index contributed by atoms with van der Waals surface area (Å²) >= 11 is 0. The van der Waals surface area contributed by atoms with Crippen molar-refractivity contribution >= 4 is 23.6 Å². The van der Waals surface area contributed by atoms with Gasteiger partial charge >= 0.3 is 0 Å². The van der Waals surface area contributed by atoms with Crippen LogP contribution in [0.15, 0.2) is 0 Å². The largest absolute Gasteiger partial charge is 0.388 e. The number of piperazine rings is 1. The number of fused-ring (bicyclic) bond motifs is 6. The minimum atomic E-state index is -1.26. The molecule has 6 fully saturated rings. The Morgan fingerprint density at radius 1 is 0.946 bits per heavy atom. The molecule has 12 nitrogen and oxygen atoms in total. The number of ether oxygens (including phenoxy) is 1. The van der Waals surface area contributed by atoms with Crippen molar-refractivity contribution in [1.29, 1.82) is 0 Å². The van der Waals surface area contributed by atoms with Gasteiger partial charge in [-0.15, -0.1) is 0 Å². The van der Waals surface area contributed by atoms with Crippen LogP contribution in [-0.4, -0.2) is 130 Å². The molecular formula is C25H37N5O7. The van der Waals surface area contributed by atoms with Crippen LogP contribution in [0.5, 0.6) is 0 Å². The molecule has 0 unspecified atom stereocenters. The van der Waals surface area contributed by atoms with Crippen LogP contribution < -0.4 is 10.6 Å². The first-order valence-corrected chi connectivity index (χ1v) is 13.7. The van der Waals surface area contributed by atoms with Crippen LogP contribution >= 0.6 is 0 Å². The molecule has 4 heterocycles. The summed E-state index contributed by atoms with van der Waals surface area (Å²) in [4.78, 5) is 58.5. The molecule has 0 spiro atoms. The van der Waals surface area contributed by atoms with Gasteiger partial charge in [0.05, 0.1) is 25.1 Å². The Kier molecular flexibility index (Phi) is 6.62. The van der Waals surface area contributed by atoms with Crippen molar-refractivity contribution in [3.8, 4) is 0 Å². The second kappa shape index (κ2) is 9.79. The van der Waals surface area contributed by atoms with Crippen LogP contribution in [0, 0.1) is 5.92 Å². The fourth-order valence-electron chi connectivity index (χ4n) is 6.53. The molecule has 4 amide bonds. The number of likely N-dealkylation sites (tertiary alicyclic amines) is 1. The molecule has 0 aromatic carbocycles. The van der Waals surface area contributed by atoms with Gasteiger partial charge in [-0.1, -0.05) is 6.42 Å². The SMILES string of the molecule is O=C1C[C@@H]2O[C@H](CNC(=O)[C@@H]3CN(CCN3C(=O)C3CC3)C(=O)[C@@H]3C[C@@H](CN3C3CCC3)N1)[C@@H](O)[C@H]2O. The van der Waals surface area contributed by atoms with E-state index in [0.29, 0.717) is 32.1 Å². The number of aliphatic hydroxyl groups is 2. The third kappa shape index (κ3) is 4.73. The number of nitrogens with one attached hydrogen (secondary N) is 2. The molecule has 0 aromatic rings. The van der Waals surface area contributed by atoms with E-state index in [4.69, 9.17) is 4.74 Å². The van der Waals surface area contributed by atoms with Gasteiger partial charge in [-0.25, -0.2) is 0 Å². The number of amides is 4. The molecule has 204 valence electrons. The number of hydrogen-bond donors (Lipinski definition) is 4.